The molecule has 110 valence electrons. The SMILES string of the molecule is CCNC(c1ccc(C)cc1F)c1cccc2c1OCC2. The van der Waals surface area contributed by atoms with Crippen molar-refractivity contribution in [2.45, 2.75) is 26.3 Å². The third-order valence-corrected chi connectivity index (χ3v) is 3.93. The molecular formula is C18H20FNO. The van der Waals surface area contributed by atoms with E-state index in [1.54, 1.807) is 6.07 Å². The number of fused-ring (bicyclic) bond motifs is 1. The third-order valence-electron chi connectivity index (χ3n) is 3.93. The second-order valence-corrected chi connectivity index (χ2v) is 5.45. The molecule has 0 saturated heterocycles. The Morgan fingerprint density at radius 1 is 1.24 bits per heavy atom. The topological polar surface area (TPSA) is 21.3 Å². The molecule has 0 aliphatic carbocycles. The highest BCUT2D eigenvalue weighted by Gasteiger charge is 2.24. The normalized spacial score (nSPS) is 14.6. The second kappa shape index (κ2) is 5.86. The molecule has 0 aromatic heterocycles. The molecule has 0 amide bonds. The molecule has 0 fully saturated rings. The first kappa shape index (κ1) is 14.1. The van der Waals surface area contributed by atoms with Crippen LogP contribution in [0.3, 0.4) is 0 Å². The molecule has 1 aliphatic rings. The first-order valence-corrected chi connectivity index (χ1v) is 7.44. The summed E-state index contributed by atoms with van der Waals surface area (Å²) < 4.78 is 20.2. The Bertz CT molecular complexity index is 654. The monoisotopic (exact) mass is 285 g/mol. The van der Waals surface area contributed by atoms with Crippen LogP contribution in [0.15, 0.2) is 36.4 Å². The van der Waals surface area contributed by atoms with Gasteiger partial charge in [-0.2, -0.15) is 0 Å². The number of benzene rings is 2. The van der Waals surface area contributed by atoms with E-state index >= 15 is 0 Å². The van der Waals surface area contributed by atoms with Crippen LogP contribution in [0.4, 0.5) is 4.39 Å². The maximum atomic E-state index is 14.4. The van der Waals surface area contributed by atoms with Crippen LogP contribution in [0, 0.1) is 12.7 Å². The van der Waals surface area contributed by atoms with E-state index in [1.807, 2.05) is 38.1 Å². The summed E-state index contributed by atoms with van der Waals surface area (Å²) in [6, 6.07) is 11.4. The van der Waals surface area contributed by atoms with Gasteiger partial charge in [0.15, 0.2) is 0 Å². The van der Waals surface area contributed by atoms with Gasteiger partial charge in [-0.15, -0.1) is 0 Å². The predicted octanol–water partition coefficient (Wildman–Crippen LogP) is 3.77. The first-order chi connectivity index (χ1) is 10.2. The van der Waals surface area contributed by atoms with E-state index in [0.29, 0.717) is 12.2 Å². The van der Waals surface area contributed by atoms with Gasteiger partial charge in [-0.05, 0) is 30.7 Å². The molecule has 1 aliphatic heterocycles. The van der Waals surface area contributed by atoms with Crippen molar-refractivity contribution in [3.63, 3.8) is 0 Å². The maximum Gasteiger partial charge on any atom is 0.128 e. The van der Waals surface area contributed by atoms with Crippen molar-refractivity contribution >= 4 is 0 Å². The smallest absolute Gasteiger partial charge is 0.128 e. The fraction of sp³-hybridized carbons (Fsp3) is 0.333. The molecule has 1 unspecified atom stereocenters. The van der Waals surface area contributed by atoms with Crippen LogP contribution in [0.5, 0.6) is 5.75 Å². The molecule has 0 radical (unpaired) electrons. The van der Waals surface area contributed by atoms with Gasteiger partial charge in [0.2, 0.25) is 0 Å². The predicted molar refractivity (Wildman–Crippen MR) is 82.3 cm³/mol. The van der Waals surface area contributed by atoms with E-state index in [-0.39, 0.29) is 11.9 Å². The number of ether oxygens (including phenoxy) is 1. The lowest BCUT2D eigenvalue weighted by Crippen LogP contribution is -2.23. The highest BCUT2D eigenvalue weighted by atomic mass is 19.1. The van der Waals surface area contributed by atoms with Crippen molar-refractivity contribution in [1.82, 2.24) is 5.32 Å². The molecule has 2 nitrogen and oxygen atoms in total. The van der Waals surface area contributed by atoms with E-state index in [2.05, 4.69) is 11.4 Å². The van der Waals surface area contributed by atoms with Crippen molar-refractivity contribution in [2.75, 3.05) is 13.2 Å². The molecule has 1 atom stereocenters. The summed E-state index contributed by atoms with van der Waals surface area (Å²) in [6.07, 6.45) is 0.929. The molecule has 1 heterocycles. The van der Waals surface area contributed by atoms with Gasteiger partial charge in [-0.1, -0.05) is 37.3 Å². The van der Waals surface area contributed by atoms with Crippen LogP contribution in [0.25, 0.3) is 0 Å². The van der Waals surface area contributed by atoms with E-state index in [1.165, 1.54) is 5.56 Å². The average molecular weight is 285 g/mol. The van der Waals surface area contributed by atoms with Crippen molar-refractivity contribution in [2.24, 2.45) is 0 Å². The van der Waals surface area contributed by atoms with Gasteiger partial charge in [-0.25, -0.2) is 4.39 Å². The zero-order valence-electron chi connectivity index (χ0n) is 12.4. The second-order valence-electron chi connectivity index (χ2n) is 5.45. The summed E-state index contributed by atoms with van der Waals surface area (Å²) in [6.45, 7) is 5.41. The third kappa shape index (κ3) is 2.66. The van der Waals surface area contributed by atoms with E-state index in [9.17, 15) is 4.39 Å². The van der Waals surface area contributed by atoms with Crippen molar-refractivity contribution in [3.05, 3.63) is 64.5 Å². The Hall–Kier alpha value is -1.87. The van der Waals surface area contributed by atoms with E-state index < -0.39 is 0 Å². The highest BCUT2D eigenvalue weighted by molar-refractivity contribution is 5.49. The molecule has 2 aromatic rings. The van der Waals surface area contributed by atoms with Crippen LogP contribution in [0.2, 0.25) is 0 Å². The summed E-state index contributed by atoms with van der Waals surface area (Å²) in [4.78, 5) is 0. The Labute approximate surface area is 125 Å². The van der Waals surface area contributed by atoms with Gasteiger partial charge in [-0.3, -0.25) is 0 Å². The zero-order valence-corrected chi connectivity index (χ0v) is 12.4. The quantitative estimate of drug-likeness (QED) is 0.923. The number of para-hydroxylation sites is 1. The van der Waals surface area contributed by atoms with Gasteiger partial charge in [0.1, 0.15) is 11.6 Å². The van der Waals surface area contributed by atoms with Gasteiger partial charge in [0, 0.05) is 17.5 Å². The van der Waals surface area contributed by atoms with Crippen molar-refractivity contribution < 1.29 is 9.13 Å². The molecule has 3 heteroatoms. The summed E-state index contributed by atoms with van der Waals surface area (Å²) in [5.41, 5.74) is 3.84. The summed E-state index contributed by atoms with van der Waals surface area (Å²) in [5.74, 6) is 0.750. The van der Waals surface area contributed by atoms with E-state index in [4.69, 9.17) is 4.74 Å². The van der Waals surface area contributed by atoms with Crippen LogP contribution in [-0.4, -0.2) is 13.2 Å². The lowest BCUT2D eigenvalue weighted by atomic mass is 9.94. The van der Waals surface area contributed by atoms with Crippen LogP contribution in [-0.2, 0) is 6.42 Å². The van der Waals surface area contributed by atoms with E-state index in [0.717, 1.165) is 29.8 Å². The molecule has 21 heavy (non-hydrogen) atoms. The first-order valence-electron chi connectivity index (χ1n) is 7.44. The number of hydrogen-bond donors (Lipinski definition) is 1. The lowest BCUT2D eigenvalue weighted by Gasteiger charge is -2.22. The Morgan fingerprint density at radius 2 is 2.10 bits per heavy atom. The van der Waals surface area contributed by atoms with Crippen molar-refractivity contribution in [3.8, 4) is 5.75 Å². The van der Waals surface area contributed by atoms with Gasteiger partial charge >= 0.3 is 0 Å². The summed E-state index contributed by atoms with van der Waals surface area (Å²) in [7, 11) is 0. The largest absolute Gasteiger partial charge is 0.493 e. The molecule has 0 spiro atoms. The molecule has 0 bridgehead atoms. The minimum Gasteiger partial charge on any atom is -0.493 e. The highest BCUT2D eigenvalue weighted by Crippen LogP contribution is 2.36. The van der Waals surface area contributed by atoms with Crippen molar-refractivity contribution in [1.29, 1.82) is 0 Å². The van der Waals surface area contributed by atoms with Gasteiger partial charge < -0.3 is 10.1 Å². The Morgan fingerprint density at radius 3 is 2.86 bits per heavy atom. The number of aryl methyl sites for hydroxylation is 1. The van der Waals surface area contributed by atoms with Gasteiger partial charge in [0.05, 0.1) is 12.6 Å². The number of nitrogens with one attached hydrogen (secondary N) is 1. The number of hydrogen-bond acceptors (Lipinski definition) is 2. The van der Waals surface area contributed by atoms with Crippen LogP contribution in [0.1, 0.15) is 35.2 Å². The van der Waals surface area contributed by atoms with Gasteiger partial charge in [0.25, 0.3) is 0 Å². The van der Waals surface area contributed by atoms with Crippen LogP contribution >= 0.6 is 0 Å². The Balaban J connectivity index is 2.08. The number of halogens is 1. The summed E-state index contributed by atoms with van der Waals surface area (Å²) in [5, 5.41) is 3.39. The Kier molecular flexibility index (Phi) is 3.93. The number of rotatable bonds is 4. The fourth-order valence-corrected chi connectivity index (χ4v) is 2.93. The molecule has 3 rings (SSSR count). The molecule has 0 saturated carbocycles. The zero-order chi connectivity index (χ0) is 14.8. The summed E-state index contributed by atoms with van der Waals surface area (Å²) >= 11 is 0. The minimum atomic E-state index is -0.177. The average Bonchev–Trinajstić information content (AvgIpc) is 2.94. The standard InChI is InChI=1S/C18H20FNO/c1-3-20-17(14-8-7-12(2)11-16(14)19)15-6-4-5-13-9-10-21-18(13)15/h4-8,11,17,20H,3,9-10H2,1-2H3. The maximum absolute atomic E-state index is 14.4. The fourth-order valence-electron chi connectivity index (χ4n) is 2.93. The minimum absolute atomic E-state index is 0.170. The molecule has 2 aromatic carbocycles. The van der Waals surface area contributed by atoms with Crippen LogP contribution < -0.4 is 10.1 Å². The molecule has 1 N–H and O–H groups in total. The molecular weight excluding hydrogens is 265 g/mol. The lowest BCUT2D eigenvalue weighted by molar-refractivity contribution is 0.350.